The molecular weight excluding hydrogens is 1640 g/mol. The number of carboxylic acids is 1. The Kier molecular flexibility index (Phi) is 51.7. The van der Waals surface area contributed by atoms with Crippen LogP contribution in [0.5, 0.6) is 0 Å². The number of aliphatic hydroxyl groups excluding tert-OH is 5. The Morgan fingerprint density at radius 2 is 1.05 bits per heavy atom. The number of hydrogen-bond acceptors (Lipinski definition) is 26. The highest BCUT2D eigenvalue weighted by molar-refractivity contribution is 7.99. The van der Waals surface area contributed by atoms with Gasteiger partial charge >= 0.3 is 5.97 Å². The lowest BCUT2D eigenvalue weighted by Gasteiger charge is -2.30. The van der Waals surface area contributed by atoms with Gasteiger partial charge in [0.15, 0.2) is 0 Å². The number of nitrogens with two attached hydrogens (primary N) is 3. The number of fused-ring (bicyclic) bond motifs is 1. The predicted molar refractivity (Wildman–Crippen MR) is 460 cm³/mol. The molecule has 17 atom stereocenters. The molecule has 14 amide bonds. The lowest BCUT2D eigenvalue weighted by molar-refractivity contribution is -0.162. The zero-order valence-electron chi connectivity index (χ0n) is 73.2. The number of nitrogens with one attached hydrogen (secondary N) is 15. The fourth-order valence-corrected chi connectivity index (χ4v) is 14.2. The molecule has 1 saturated carbocycles. The standard InChI is InChI=1S/C82H140N18O23S/c1-45(2)36-59(77(115)95-57(28-18-20-31-83)75(113)92-51(9)73(111)91-50(8)72(110)90-48(6)71(109)86-33-22-12-15-30-65(105)93-62(82(120)121)43-124-35-23-34-122-44-123-64(42-102)69(107)63(104)41-101)98-81(119)68(52(10)103)100-79(117)61(38-54-39-87-56-27-17-16-26-55(54)56)96-74(112)49(7)89-66(106)40-88-80(118)67(46(3)4)99-78(116)60(37-53-24-13-11-14-25-53)97-76(114)58(29-19-21-32-84)94-70(108)47(5)85/h16-17,26-27,39,45-53,57-64,67-69,87,101-104,107H,11-15,18-25,28-38,40-44,83-85H2,1-10H3,(H,86,109)(H,88,118)(H,89,106)(H,90,110)(H,91,111)(H,92,113)(H,93,105)(H,94,108)(H,95,115)(H,96,112)(H,97,114)(H,98,119)(H,99,116)(H,100,117)(H,120,121). The van der Waals surface area contributed by atoms with Crippen LogP contribution in [0.15, 0.2) is 30.5 Å². The van der Waals surface area contributed by atoms with Gasteiger partial charge in [-0.05, 0) is 160 Å². The second-order valence-electron chi connectivity index (χ2n) is 32.4. The molecule has 702 valence electrons. The normalized spacial score (nSPS) is 16.5. The zero-order chi connectivity index (χ0) is 92.7. The van der Waals surface area contributed by atoms with Gasteiger partial charge in [0.25, 0.3) is 0 Å². The number of hydrogen-bond donors (Lipinski definition) is 24. The first-order chi connectivity index (χ1) is 58.8. The third-order valence-electron chi connectivity index (χ3n) is 20.7. The molecule has 2 aromatic rings. The van der Waals surface area contributed by atoms with Crippen LogP contribution in [-0.2, 0) is 87.8 Å². The lowest BCUT2D eigenvalue weighted by atomic mass is 9.84. The van der Waals surface area contributed by atoms with E-state index in [1.165, 1.54) is 53.3 Å². The molecule has 0 aliphatic heterocycles. The maximum Gasteiger partial charge on any atom is 0.327 e. The molecule has 1 aromatic heterocycles. The van der Waals surface area contributed by atoms with E-state index in [1.54, 1.807) is 58.2 Å². The minimum atomic E-state index is -1.79. The summed E-state index contributed by atoms with van der Waals surface area (Å²) in [4.78, 5) is 207. The highest BCUT2D eigenvalue weighted by Gasteiger charge is 2.38. The SMILES string of the molecule is CC(C)CC(NC(=O)C(NC(=O)C(Cc1c[nH]c2ccccc12)NC(=O)C(C)NC(=O)CNC(=O)C(NC(=O)C(CC1CCCCC1)NC(=O)C(CCCCN)NC(=O)C(C)N)C(C)C)C(C)O)C(=O)NC(CCCCN)C(=O)NC(C)C(=O)NC(C)C(=O)NC(C)C(=O)NCCCCCC(=O)NC(CSCCCOCOC(CO)C(O)C(O)CO)C(=O)O. The summed E-state index contributed by atoms with van der Waals surface area (Å²) in [5.41, 5.74) is 18.5. The predicted octanol–water partition coefficient (Wildman–Crippen LogP) is -3.67. The smallest absolute Gasteiger partial charge is 0.327 e. The van der Waals surface area contributed by atoms with E-state index in [1.807, 2.05) is 0 Å². The molecule has 17 unspecified atom stereocenters. The number of H-pyrrole nitrogens is 1. The summed E-state index contributed by atoms with van der Waals surface area (Å²) >= 11 is 1.26. The van der Waals surface area contributed by atoms with Crippen LogP contribution < -0.4 is 91.6 Å². The fourth-order valence-electron chi connectivity index (χ4n) is 13.3. The molecule has 1 aliphatic rings. The summed E-state index contributed by atoms with van der Waals surface area (Å²) in [7, 11) is 0. The van der Waals surface area contributed by atoms with Crippen molar-refractivity contribution in [1.29, 1.82) is 0 Å². The summed E-state index contributed by atoms with van der Waals surface area (Å²) in [6.07, 6.45) is 4.05. The number of aromatic nitrogens is 1. The lowest BCUT2D eigenvalue weighted by Crippen LogP contribution is -2.62. The van der Waals surface area contributed by atoms with Gasteiger partial charge in [0, 0.05) is 42.2 Å². The van der Waals surface area contributed by atoms with E-state index < -0.39 is 217 Å². The van der Waals surface area contributed by atoms with E-state index in [2.05, 4.69) is 79.4 Å². The van der Waals surface area contributed by atoms with Gasteiger partial charge in [-0.25, -0.2) is 4.79 Å². The summed E-state index contributed by atoms with van der Waals surface area (Å²) < 4.78 is 10.5. The molecule has 42 heteroatoms. The zero-order valence-corrected chi connectivity index (χ0v) is 74.0. The highest BCUT2D eigenvalue weighted by Crippen LogP contribution is 2.28. The molecule has 124 heavy (non-hydrogen) atoms. The van der Waals surface area contributed by atoms with Crippen molar-refractivity contribution in [1.82, 2.24) is 79.4 Å². The molecule has 0 spiro atoms. The van der Waals surface area contributed by atoms with Crippen LogP contribution in [0.4, 0.5) is 0 Å². The van der Waals surface area contributed by atoms with Gasteiger partial charge in [-0.15, -0.1) is 0 Å². The topological polar surface area (TPSA) is 658 Å². The van der Waals surface area contributed by atoms with Gasteiger partial charge in [-0.2, -0.15) is 11.8 Å². The number of thioether (sulfide) groups is 1. The largest absolute Gasteiger partial charge is 0.480 e. The summed E-state index contributed by atoms with van der Waals surface area (Å²) in [5.74, 6) is -12.1. The van der Waals surface area contributed by atoms with Gasteiger partial charge in [0.05, 0.1) is 38.5 Å². The Morgan fingerprint density at radius 1 is 0.516 bits per heavy atom. The van der Waals surface area contributed by atoms with Crippen molar-refractivity contribution in [2.45, 2.75) is 294 Å². The summed E-state index contributed by atoms with van der Waals surface area (Å²) in [6, 6.07) is -9.41. The Balaban J connectivity index is 1.63. The number of rotatable bonds is 62. The molecule has 0 saturated heterocycles. The van der Waals surface area contributed by atoms with Crippen LogP contribution in [0.2, 0.25) is 0 Å². The minimum absolute atomic E-state index is 0.00113. The fraction of sp³-hybridized carbons (Fsp3) is 0.720. The molecule has 1 aliphatic carbocycles. The molecule has 3 rings (SSSR count). The van der Waals surface area contributed by atoms with Gasteiger partial charge in [-0.3, -0.25) is 67.1 Å². The monoisotopic (exact) mass is 1780 g/mol. The number of carboxylic acid groups (broad SMARTS) is 1. The van der Waals surface area contributed by atoms with Gasteiger partial charge < -0.3 is 137 Å². The molecule has 1 fully saturated rings. The van der Waals surface area contributed by atoms with Gasteiger partial charge in [-0.1, -0.05) is 84.4 Å². The summed E-state index contributed by atoms with van der Waals surface area (Å²) in [5, 5.41) is 95.8. The Morgan fingerprint density at radius 3 is 1.63 bits per heavy atom. The van der Waals surface area contributed by atoms with Crippen molar-refractivity contribution >= 4 is 111 Å². The summed E-state index contributed by atoms with van der Waals surface area (Å²) in [6.45, 7) is 13.5. The van der Waals surface area contributed by atoms with Crippen molar-refractivity contribution in [3.63, 3.8) is 0 Å². The van der Waals surface area contributed by atoms with E-state index >= 15 is 0 Å². The number of para-hydroxylation sites is 1. The molecule has 41 nitrogen and oxygen atoms in total. The first-order valence-corrected chi connectivity index (χ1v) is 44.1. The number of carbonyl (C=O) groups is 15. The maximum absolute atomic E-state index is 14.7. The van der Waals surface area contributed by atoms with Crippen molar-refractivity contribution in [3.8, 4) is 0 Å². The molecule has 27 N–H and O–H groups in total. The maximum atomic E-state index is 14.7. The number of aliphatic hydroxyl groups is 5. The third kappa shape index (κ3) is 40.8. The molecule has 0 radical (unpaired) electrons. The first-order valence-electron chi connectivity index (χ1n) is 42.9. The average Bonchev–Trinajstić information content (AvgIpc) is 1.64. The number of amides is 14. The van der Waals surface area contributed by atoms with Crippen LogP contribution in [0.25, 0.3) is 10.9 Å². The number of aromatic amines is 1. The first kappa shape index (κ1) is 109. The number of benzene rings is 1. The number of carbonyl (C=O) groups excluding carboxylic acids is 14. The van der Waals surface area contributed by atoms with Crippen molar-refractivity contribution in [2.24, 2.45) is 35.0 Å². The van der Waals surface area contributed by atoms with Crippen LogP contribution in [0, 0.1) is 17.8 Å². The Bertz CT molecular complexity index is 3700. The van der Waals surface area contributed by atoms with Gasteiger partial charge in [0.1, 0.15) is 97.6 Å². The molecule has 1 aromatic carbocycles. The van der Waals surface area contributed by atoms with Crippen LogP contribution >= 0.6 is 11.8 Å². The van der Waals surface area contributed by atoms with Gasteiger partial charge in [0.2, 0.25) is 82.7 Å². The molecule has 0 bridgehead atoms. The van der Waals surface area contributed by atoms with Crippen molar-refractivity contribution < 1.29 is 112 Å². The van der Waals surface area contributed by atoms with E-state index in [0.717, 1.165) is 32.1 Å². The molecule has 1 heterocycles. The minimum Gasteiger partial charge on any atom is -0.480 e. The van der Waals surface area contributed by atoms with E-state index in [9.17, 15) is 97.5 Å². The number of aliphatic carboxylic acids is 1. The second-order valence-corrected chi connectivity index (χ2v) is 33.5. The van der Waals surface area contributed by atoms with E-state index in [0.29, 0.717) is 80.1 Å². The van der Waals surface area contributed by atoms with E-state index in [-0.39, 0.29) is 82.6 Å². The van der Waals surface area contributed by atoms with Crippen LogP contribution in [0.1, 0.15) is 190 Å². The Hall–Kier alpha value is -9.24. The second kappa shape index (κ2) is 58.9. The Labute approximate surface area is 729 Å². The van der Waals surface area contributed by atoms with Crippen LogP contribution in [0.3, 0.4) is 0 Å². The number of ether oxygens (including phenoxy) is 2. The number of unbranched alkanes of at least 4 members (excludes halogenated alkanes) is 4. The third-order valence-corrected chi connectivity index (χ3v) is 21.9. The van der Waals surface area contributed by atoms with Crippen molar-refractivity contribution in [2.75, 3.05) is 64.3 Å². The van der Waals surface area contributed by atoms with E-state index in [4.69, 9.17) is 31.8 Å². The molecular formula is C82H140N18O23S. The average molecular weight is 1780 g/mol. The highest BCUT2D eigenvalue weighted by atomic mass is 32.2. The quantitative estimate of drug-likeness (QED) is 0.0224. The van der Waals surface area contributed by atoms with Crippen LogP contribution in [-0.4, -0.2) is 292 Å². The van der Waals surface area contributed by atoms with Crippen molar-refractivity contribution in [3.05, 3.63) is 36.0 Å².